The molecule has 188 valence electrons. The molecule has 2 spiro atoms. The third-order valence-corrected chi connectivity index (χ3v) is 10.3. The van der Waals surface area contributed by atoms with Crippen LogP contribution in [0, 0.1) is 0 Å². The van der Waals surface area contributed by atoms with Gasteiger partial charge in [-0.25, -0.2) is 9.59 Å². The lowest BCUT2D eigenvalue weighted by Crippen LogP contribution is -2.52. The molecule has 2 heterocycles. The van der Waals surface area contributed by atoms with E-state index in [1.54, 1.807) is 0 Å². The molecule has 0 saturated carbocycles. The summed E-state index contributed by atoms with van der Waals surface area (Å²) in [5, 5.41) is 0. The van der Waals surface area contributed by atoms with E-state index in [2.05, 4.69) is 45.2 Å². The Morgan fingerprint density at radius 3 is 2.16 bits per heavy atom. The third kappa shape index (κ3) is 3.94. The van der Waals surface area contributed by atoms with Crippen LogP contribution in [0.5, 0.6) is 0 Å². The molecule has 0 saturated heterocycles. The fraction of sp³-hybridized carbons (Fsp3) is 0.179. The molecular formula is C28H22I2N2O5. The highest BCUT2D eigenvalue weighted by molar-refractivity contribution is 14.1. The van der Waals surface area contributed by atoms with Crippen molar-refractivity contribution < 1.29 is 23.9 Å². The van der Waals surface area contributed by atoms with Gasteiger partial charge >= 0.3 is 12.1 Å². The molecule has 2 aromatic rings. The Hall–Kier alpha value is -2.93. The van der Waals surface area contributed by atoms with E-state index in [-0.39, 0.29) is 5.91 Å². The van der Waals surface area contributed by atoms with Gasteiger partial charge < -0.3 is 14.4 Å². The molecule has 1 aliphatic carbocycles. The molecule has 7 nitrogen and oxygen atoms in total. The van der Waals surface area contributed by atoms with Crippen molar-refractivity contribution in [2.45, 2.75) is 17.6 Å². The van der Waals surface area contributed by atoms with Gasteiger partial charge in [-0.05, 0) is 56.8 Å². The van der Waals surface area contributed by atoms with Crippen LogP contribution in [-0.4, -0.2) is 48.2 Å². The number of para-hydroxylation sites is 1. The Kier molecular flexibility index (Phi) is 6.77. The van der Waals surface area contributed by atoms with Crippen molar-refractivity contribution in [3.63, 3.8) is 0 Å². The number of ether oxygens (including phenoxy) is 2. The van der Waals surface area contributed by atoms with Gasteiger partial charge in [-0.15, -0.1) is 0 Å². The van der Waals surface area contributed by atoms with Crippen LogP contribution in [-0.2, 0) is 25.6 Å². The Labute approximate surface area is 241 Å². The number of anilines is 1. The average molecular weight is 720 g/mol. The van der Waals surface area contributed by atoms with Crippen molar-refractivity contribution in [3.8, 4) is 0 Å². The van der Waals surface area contributed by atoms with Crippen LogP contribution < -0.4 is 4.90 Å². The molecule has 3 aliphatic rings. The van der Waals surface area contributed by atoms with Crippen LogP contribution in [0.2, 0.25) is 0 Å². The maximum atomic E-state index is 13.4. The van der Waals surface area contributed by atoms with Gasteiger partial charge in [0.05, 0.1) is 23.5 Å². The lowest BCUT2D eigenvalue weighted by atomic mass is 9.79. The maximum Gasteiger partial charge on any atom is 0.415 e. The van der Waals surface area contributed by atoms with Gasteiger partial charge in [-0.3, -0.25) is 9.69 Å². The summed E-state index contributed by atoms with van der Waals surface area (Å²) in [6, 6.07) is 17.1. The Morgan fingerprint density at radius 2 is 1.51 bits per heavy atom. The second-order valence-corrected chi connectivity index (χ2v) is 10.9. The number of amides is 2. The summed E-state index contributed by atoms with van der Waals surface area (Å²) in [5.41, 5.74) is 0.925. The fourth-order valence-corrected chi connectivity index (χ4v) is 6.66. The predicted octanol–water partition coefficient (Wildman–Crippen LogP) is 5.56. The second kappa shape index (κ2) is 9.75. The smallest absolute Gasteiger partial charge is 0.415 e. The van der Waals surface area contributed by atoms with Crippen LogP contribution >= 0.6 is 45.2 Å². The summed E-state index contributed by atoms with van der Waals surface area (Å²) in [6.07, 6.45) is 8.45. The number of esters is 1. The normalized spacial score (nSPS) is 25.0. The van der Waals surface area contributed by atoms with Gasteiger partial charge in [0.1, 0.15) is 11.1 Å². The minimum absolute atomic E-state index is 0.0658. The van der Waals surface area contributed by atoms with E-state index in [0.29, 0.717) is 26.9 Å². The number of rotatable bonds is 3. The molecule has 0 bridgehead atoms. The molecular weight excluding hydrogens is 698 g/mol. The lowest BCUT2D eigenvalue weighted by Gasteiger charge is -2.42. The molecule has 5 rings (SSSR count). The first-order chi connectivity index (χ1) is 17.8. The summed E-state index contributed by atoms with van der Waals surface area (Å²) >= 11 is 4.32. The first-order valence-electron chi connectivity index (χ1n) is 11.4. The fourth-order valence-electron chi connectivity index (χ4n) is 5.06. The van der Waals surface area contributed by atoms with Gasteiger partial charge in [0, 0.05) is 27.3 Å². The Balaban J connectivity index is 1.67. The monoisotopic (exact) mass is 720 g/mol. The summed E-state index contributed by atoms with van der Waals surface area (Å²) in [6.45, 7) is 0.409. The number of hydrogen-bond acceptors (Lipinski definition) is 5. The van der Waals surface area contributed by atoms with E-state index in [1.165, 1.54) is 25.2 Å². The number of fused-ring (bicyclic) bond motifs is 1. The average Bonchev–Trinajstić information content (AvgIpc) is 3.28. The topological polar surface area (TPSA) is 76.1 Å². The number of carbonyl (C=O) groups excluding carboxylic acids is 3. The SMILES string of the molecule is COC(=O)/C=C1\c2ccccc2N(C(=O)OC)C12C=CC1(C=C2)C(I)=C(I)C(=O)N1Cc1ccccc1. The molecule has 0 radical (unpaired) electrons. The molecule has 2 amide bonds. The molecule has 0 N–H and O–H groups in total. The van der Waals surface area contributed by atoms with Gasteiger partial charge in [0.15, 0.2) is 0 Å². The van der Waals surface area contributed by atoms with Crippen molar-refractivity contribution in [1.29, 1.82) is 0 Å². The Morgan fingerprint density at radius 1 is 0.892 bits per heavy atom. The van der Waals surface area contributed by atoms with Crippen molar-refractivity contribution in [2.75, 3.05) is 19.1 Å². The highest BCUT2D eigenvalue weighted by Crippen LogP contribution is 2.54. The maximum absolute atomic E-state index is 13.4. The molecule has 0 unspecified atom stereocenters. The number of nitrogens with zero attached hydrogens (tertiary/aromatic N) is 2. The molecule has 2 aromatic carbocycles. The second-order valence-electron chi connectivity index (χ2n) is 8.73. The van der Waals surface area contributed by atoms with Gasteiger partial charge in [-0.1, -0.05) is 72.8 Å². The molecule has 9 heteroatoms. The van der Waals surface area contributed by atoms with Crippen LogP contribution in [0.15, 0.2) is 92.1 Å². The molecule has 37 heavy (non-hydrogen) atoms. The van der Waals surface area contributed by atoms with Crippen molar-refractivity contribution in [1.82, 2.24) is 4.90 Å². The number of methoxy groups -OCH3 is 2. The molecule has 0 fully saturated rings. The lowest BCUT2D eigenvalue weighted by molar-refractivity contribution is -0.134. The summed E-state index contributed by atoms with van der Waals surface area (Å²) in [7, 11) is 2.64. The minimum atomic E-state index is -1.15. The number of hydrogen-bond donors (Lipinski definition) is 0. The van der Waals surface area contributed by atoms with Crippen molar-refractivity contribution in [2.24, 2.45) is 0 Å². The molecule has 2 aliphatic heterocycles. The third-order valence-electron chi connectivity index (χ3n) is 6.85. The quantitative estimate of drug-likeness (QED) is 0.180. The zero-order valence-electron chi connectivity index (χ0n) is 20.0. The first kappa shape index (κ1) is 25.7. The van der Waals surface area contributed by atoms with E-state index in [9.17, 15) is 14.4 Å². The zero-order chi connectivity index (χ0) is 26.4. The largest absolute Gasteiger partial charge is 0.466 e. The zero-order valence-corrected chi connectivity index (χ0v) is 24.3. The van der Waals surface area contributed by atoms with E-state index >= 15 is 0 Å². The van der Waals surface area contributed by atoms with E-state index in [0.717, 1.165) is 9.14 Å². The van der Waals surface area contributed by atoms with Crippen LogP contribution in [0.25, 0.3) is 5.57 Å². The van der Waals surface area contributed by atoms with Gasteiger partial charge in [-0.2, -0.15) is 0 Å². The number of benzene rings is 2. The highest BCUT2D eigenvalue weighted by atomic mass is 127. The van der Waals surface area contributed by atoms with Crippen LogP contribution in [0.3, 0.4) is 0 Å². The first-order valence-corrected chi connectivity index (χ1v) is 13.5. The van der Waals surface area contributed by atoms with Gasteiger partial charge in [0.25, 0.3) is 5.91 Å². The summed E-state index contributed by atoms with van der Waals surface area (Å²) < 4.78 is 11.6. The summed E-state index contributed by atoms with van der Waals surface area (Å²) in [4.78, 5) is 42.3. The number of carbonyl (C=O) groups is 3. The number of halogens is 2. The van der Waals surface area contributed by atoms with Crippen molar-refractivity contribution >= 4 is 74.4 Å². The standard InChI is InChI=1S/C28H22I2N2O5/c1-36-22(33)16-20-19-10-6-7-11-21(19)32(26(35)37-2)27(20)12-14-28(15-13-27)24(30)23(29)25(34)31(28)17-18-8-4-3-5-9-18/h3-16H,17H2,1-2H3/b20-16+. The molecule has 0 aromatic heterocycles. The summed E-state index contributed by atoms with van der Waals surface area (Å²) in [5.74, 6) is -0.604. The van der Waals surface area contributed by atoms with Crippen molar-refractivity contribution in [3.05, 3.63) is 103 Å². The van der Waals surface area contributed by atoms with E-state index in [4.69, 9.17) is 9.47 Å². The predicted molar refractivity (Wildman–Crippen MR) is 157 cm³/mol. The van der Waals surface area contributed by atoms with E-state index in [1.807, 2.05) is 83.8 Å². The van der Waals surface area contributed by atoms with E-state index < -0.39 is 23.1 Å². The van der Waals surface area contributed by atoms with Crippen LogP contribution in [0.1, 0.15) is 11.1 Å². The highest BCUT2D eigenvalue weighted by Gasteiger charge is 2.54. The molecule has 0 atom stereocenters. The minimum Gasteiger partial charge on any atom is -0.466 e. The van der Waals surface area contributed by atoms with Gasteiger partial charge in [0.2, 0.25) is 0 Å². The van der Waals surface area contributed by atoms with Crippen LogP contribution in [0.4, 0.5) is 10.5 Å². The Bertz CT molecular complexity index is 1410.